The minimum atomic E-state index is 0.0872. The van der Waals surface area contributed by atoms with Gasteiger partial charge in [0.25, 0.3) is 0 Å². The monoisotopic (exact) mass is 408 g/mol. The molecule has 9 heteroatoms. The van der Waals surface area contributed by atoms with Crippen LogP contribution in [0.25, 0.3) is 10.3 Å². The number of fused-ring (bicyclic) bond motifs is 2. The summed E-state index contributed by atoms with van der Waals surface area (Å²) in [6, 6.07) is 0. The quantitative estimate of drug-likeness (QED) is 0.720. The second kappa shape index (κ2) is 8.30. The molecule has 0 bridgehead atoms. The van der Waals surface area contributed by atoms with Gasteiger partial charge in [-0.1, -0.05) is 11.8 Å². The molecule has 1 aliphatic carbocycles. The van der Waals surface area contributed by atoms with E-state index >= 15 is 0 Å². The average molecular weight is 409 g/mol. The number of aryl methyl sites for hydroxylation is 1. The molecular weight excluding hydrogens is 384 g/mol. The molecule has 0 spiro atoms. The molecule has 0 aromatic carbocycles. The number of carbonyl (C=O) groups is 1. The number of hydrogen-bond donors (Lipinski definition) is 2. The van der Waals surface area contributed by atoms with Crippen LogP contribution >= 0.6 is 23.1 Å². The molecule has 1 fully saturated rings. The van der Waals surface area contributed by atoms with Crippen molar-refractivity contribution in [3.05, 3.63) is 20.7 Å². The number of aromatic nitrogens is 2. The minimum absolute atomic E-state index is 0.0872. The Labute approximate surface area is 165 Å². The maximum atomic E-state index is 12.7. The van der Waals surface area contributed by atoms with E-state index in [-0.39, 0.29) is 17.9 Å². The van der Waals surface area contributed by atoms with Crippen LogP contribution in [0.1, 0.15) is 23.3 Å². The second-order valence-corrected chi connectivity index (χ2v) is 9.04. The summed E-state index contributed by atoms with van der Waals surface area (Å²) in [6.45, 7) is 3.81. The Morgan fingerprint density at radius 2 is 2.00 bits per heavy atom. The third-order valence-electron chi connectivity index (χ3n) is 5.26. The number of aromatic amines is 1. The van der Waals surface area contributed by atoms with Crippen LogP contribution in [0.15, 0.2) is 9.95 Å². The molecule has 146 valence electrons. The number of β-amino-alcohol motifs (C(OH)–C–C–N with tert-alkyl or cyclic N) is 1. The van der Waals surface area contributed by atoms with E-state index in [1.807, 2.05) is 4.90 Å². The van der Waals surface area contributed by atoms with E-state index in [2.05, 4.69) is 14.9 Å². The molecule has 7 nitrogen and oxygen atoms in total. The summed E-state index contributed by atoms with van der Waals surface area (Å²) in [5, 5.41) is 9.64. The number of nitrogens with zero attached hydrogens (tertiary/aromatic N) is 3. The van der Waals surface area contributed by atoms with Crippen LogP contribution in [-0.2, 0) is 17.6 Å². The second-order valence-electron chi connectivity index (χ2n) is 7.00. The number of aliphatic hydroxyl groups is 1. The average Bonchev–Trinajstić information content (AvgIpc) is 3.10. The van der Waals surface area contributed by atoms with Crippen LogP contribution in [0, 0.1) is 0 Å². The maximum Gasteiger partial charge on any atom is 0.233 e. The number of carbonyl (C=O) groups excluding carboxylic acids is 1. The summed E-state index contributed by atoms with van der Waals surface area (Å²) in [6.07, 6.45) is 4.06. The number of aliphatic hydroxyl groups excluding tert-OH is 1. The van der Waals surface area contributed by atoms with Crippen LogP contribution in [0.4, 0.5) is 0 Å². The van der Waals surface area contributed by atoms with Crippen molar-refractivity contribution < 1.29 is 9.90 Å². The molecular formula is C18H24N4O3S2. The van der Waals surface area contributed by atoms with Crippen molar-refractivity contribution in [1.29, 1.82) is 0 Å². The largest absolute Gasteiger partial charge is 0.395 e. The molecule has 4 rings (SSSR count). The lowest BCUT2D eigenvalue weighted by Crippen LogP contribution is -2.49. The Hall–Kier alpha value is -1.42. The van der Waals surface area contributed by atoms with Crippen molar-refractivity contribution >= 4 is 39.4 Å². The van der Waals surface area contributed by atoms with Crippen molar-refractivity contribution in [3.8, 4) is 0 Å². The molecule has 1 amide bonds. The van der Waals surface area contributed by atoms with Gasteiger partial charge in [0.1, 0.15) is 10.3 Å². The first-order chi connectivity index (χ1) is 13.2. The third kappa shape index (κ3) is 4.06. The summed E-state index contributed by atoms with van der Waals surface area (Å²) < 4.78 is 0. The van der Waals surface area contributed by atoms with Crippen LogP contribution in [0.5, 0.6) is 0 Å². The van der Waals surface area contributed by atoms with E-state index in [9.17, 15) is 9.59 Å². The number of amides is 1. The first kappa shape index (κ1) is 18.9. The Bertz CT molecular complexity index is 887. The van der Waals surface area contributed by atoms with Crippen molar-refractivity contribution in [3.63, 3.8) is 0 Å². The molecule has 2 aromatic heterocycles. The Morgan fingerprint density at radius 1 is 1.22 bits per heavy atom. The van der Waals surface area contributed by atoms with Crippen LogP contribution in [0.3, 0.4) is 0 Å². The minimum Gasteiger partial charge on any atom is -0.395 e. The van der Waals surface area contributed by atoms with Gasteiger partial charge in [0, 0.05) is 43.2 Å². The summed E-state index contributed by atoms with van der Waals surface area (Å²) in [5.74, 6) is 0.410. The van der Waals surface area contributed by atoms with Crippen LogP contribution < -0.4 is 5.43 Å². The van der Waals surface area contributed by atoms with Gasteiger partial charge in [-0.2, -0.15) is 0 Å². The van der Waals surface area contributed by atoms with Crippen molar-refractivity contribution in [2.75, 3.05) is 45.1 Å². The molecule has 0 radical (unpaired) electrons. The normalized spacial score (nSPS) is 18.0. The fraction of sp³-hybridized carbons (Fsp3) is 0.611. The molecule has 2 aliphatic rings. The standard InChI is InChI=1S/C18H24N4O3S2/c23-10-9-21-5-7-22(8-6-21)14(24)11-26-18-19-15-16(25)12-3-1-2-4-13(12)27-17(15)20-18/h23H,1-11H2,(H,19,20). The summed E-state index contributed by atoms with van der Waals surface area (Å²) in [7, 11) is 0. The summed E-state index contributed by atoms with van der Waals surface area (Å²) in [5.41, 5.74) is 1.63. The van der Waals surface area contributed by atoms with Gasteiger partial charge in [0.15, 0.2) is 5.16 Å². The highest BCUT2D eigenvalue weighted by Crippen LogP contribution is 2.28. The molecule has 27 heavy (non-hydrogen) atoms. The number of piperazine rings is 1. The predicted octanol–water partition coefficient (Wildman–Crippen LogP) is 1.09. The highest BCUT2D eigenvalue weighted by molar-refractivity contribution is 7.99. The van der Waals surface area contributed by atoms with Gasteiger partial charge in [0.2, 0.25) is 11.3 Å². The highest BCUT2D eigenvalue weighted by Gasteiger charge is 2.22. The first-order valence-corrected chi connectivity index (χ1v) is 11.2. The zero-order chi connectivity index (χ0) is 18.8. The molecule has 2 aromatic rings. The zero-order valence-electron chi connectivity index (χ0n) is 15.2. The van der Waals surface area contributed by atoms with E-state index in [0.717, 1.165) is 49.2 Å². The summed E-state index contributed by atoms with van der Waals surface area (Å²) in [4.78, 5) is 38.8. The lowest BCUT2D eigenvalue weighted by atomic mass is 9.98. The lowest BCUT2D eigenvalue weighted by molar-refractivity contribution is -0.130. The van der Waals surface area contributed by atoms with Gasteiger partial charge in [0.05, 0.1) is 12.4 Å². The smallest absolute Gasteiger partial charge is 0.233 e. The summed E-state index contributed by atoms with van der Waals surface area (Å²) >= 11 is 2.98. The van der Waals surface area contributed by atoms with E-state index in [1.54, 1.807) is 11.3 Å². The predicted molar refractivity (Wildman–Crippen MR) is 108 cm³/mol. The van der Waals surface area contributed by atoms with Gasteiger partial charge in [-0.15, -0.1) is 11.3 Å². The molecule has 1 saturated heterocycles. The van der Waals surface area contributed by atoms with Crippen LogP contribution in [0.2, 0.25) is 0 Å². The Balaban J connectivity index is 1.40. The molecule has 2 N–H and O–H groups in total. The first-order valence-electron chi connectivity index (χ1n) is 9.44. The van der Waals surface area contributed by atoms with E-state index in [4.69, 9.17) is 5.11 Å². The molecule has 0 atom stereocenters. The number of thioether (sulfide) groups is 1. The van der Waals surface area contributed by atoms with E-state index in [0.29, 0.717) is 36.1 Å². The molecule has 0 unspecified atom stereocenters. The number of imidazole rings is 1. The lowest BCUT2D eigenvalue weighted by Gasteiger charge is -2.34. The Kier molecular flexibility index (Phi) is 5.82. The van der Waals surface area contributed by atoms with Gasteiger partial charge in [-0.05, 0) is 25.7 Å². The topological polar surface area (TPSA) is 89.5 Å². The third-order valence-corrected chi connectivity index (χ3v) is 7.30. The number of nitrogens with one attached hydrogen (secondary N) is 1. The number of hydrogen-bond acceptors (Lipinski definition) is 7. The van der Waals surface area contributed by atoms with Gasteiger partial charge in [-0.3, -0.25) is 14.5 Å². The Morgan fingerprint density at radius 3 is 2.78 bits per heavy atom. The van der Waals surface area contributed by atoms with Gasteiger partial charge in [-0.25, -0.2) is 4.98 Å². The maximum absolute atomic E-state index is 12.7. The van der Waals surface area contributed by atoms with Crippen molar-refractivity contribution in [2.24, 2.45) is 0 Å². The fourth-order valence-electron chi connectivity index (χ4n) is 3.71. The van der Waals surface area contributed by atoms with E-state index < -0.39 is 0 Å². The van der Waals surface area contributed by atoms with Gasteiger partial charge < -0.3 is 15.0 Å². The van der Waals surface area contributed by atoms with E-state index in [1.165, 1.54) is 16.6 Å². The number of rotatable bonds is 5. The van der Waals surface area contributed by atoms with Crippen molar-refractivity contribution in [2.45, 2.75) is 30.8 Å². The highest BCUT2D eigenvalue weighted by atomic mass is 32.2. The van der Waals surface area contributed by atoms with Crippen LogP contribution in [-0.4, -0.2) is 75.9 Å². The molecule has 1 aliphatic heterocycles. The molecule has 0 saturated carbocycles. The SMILES string of the molecule is O=C(CSc1nc2sc3c(c(=O)c2[nH]1)CCCC3)N1CCN(CCO)CC1. The molecule has 3 heterocycles. The fourth-order valence-corrected chi connectivity index (χ4v) is 5.73. The zero-order valence-corrected chi connectivity index (χ0v) is 16.8. The van der Waals surface area contributed by atoms with Gasteiger partial charge >= 0.3 is 0 Å². The number of H-pyrrole nitrogens is 1. The van der Waals surface area contributed by atoms with Crippen molar-refractivity contribution in [1.82, 2.24) is 19.8 Å².